The fraction of sp³-hybridized carbons (Fsp3) is 0.667. The Morgan fingerprint density at radius 3 is 2.86 bits per heavy atom. The topological polar surface area (TPSA) is 52.8 Å². The summed E-state index contributed by atoms with van der Waals surface area (Å²) in [7, 11) is 1.61. The molecule has 0 saturated heterocycles. The zero-order valence-corrected chi connectivity index (χ0v) is 13.3. The SMILES string of the molecule is CCC(CC1CC1)n1c(CCCl)nc2c(OC)ncnc21. The van der Waals surface area contributed by atoms with Gasteiger partial charge in [0.05, 0.1) is 7.11 Å². The van der Waals surface area contributed by atoms with E-state index in [4.69, 9.17) is 21.3 Å². The summed E-state index contributed by atoms with van der Waals surface area (Å²) in [5.74, 6) is 2.95. The smallest absolute Gasteiger partial charge is 0.245 e. The molecule has 1 aliphatic carbocycles. The molecular formula is C15H21ClN4O. The second-order valence-corrected chi connectivity index (χ2v) is 6.01. The number of alkyl halides is 1. The summed E-state index contributed by atoms with van der Waals surface area (Å²) >= 11 is 5.95. The molecule has 0 radical (unpaired) electrons. The molecular weight excluding hydrogens is 288 g/mol. The Balaban J connectivity index is 2.09. The first-order chi connectivity index (χ1) is 10.3. The molecule has 0 N–H and O–H groups in total. The largest absolute Gasteiger partial charge is 0.479 e. The Bertz CT molecular complexity index is 623. The van der Waals surface area contributed by atoms with Gasteiger partial charge in [-0.15, -0.1) is 11.6 Å². The van der Waals surface area contributed by atoms with Crippen molar-refractivity contribution in [1.82, 2.24) is 19.5 Å². The van der Waals surface area contributed by atoms with E-state index < -0.39 is 0 Å². The van der Waals surface area contributed by atoms with Gasteiger partial charge in [0.1, 0.15) is 12.2 Å². The van der Waals surface area contributed by atoms with E-state index in [1.807, 2.05) is 0 Å². The second-order valence-electron chi connectivity index (χ2n) is 5.63. The van der Waals surface area contributed by atoms with Crippen molar-refractivity contribution in [2.24, 2.45) is 5.92 Å². The number of rotatable bonds is 7. The van der Waals surface area contributed by atoms with Gasteiger partial charge in [-0.3, -0.25) is 0 Å². The minimum atomic E-state index is 0.431. The summed E-state index contributed by atoms with van der Waals surface area (Å²) in [5.41, 5.74) is 1.61. The van der Waals surface area contributed by atoms with E-state index in [-0.39, 0.29) is 0 Å². The maximum atomic E-state index is 5.95. The van der Waals surface area contributed by atoms with E-state index in [0.29, 0.717) is 17.8 Å². The highest BCUT2D eigenvalue weighted by atomic mass is 35.5. The molecule has 1 fully saturated rings. The molecule has 1 saturated carbocycles. The van der Waals surface area contributed by atoms with Gasteiger partial charge >= 0.3 is 0 Å². The molecule has 114 valence electrons. The zero-order valence-electron chi connectivity index (χ0n) is 12.5. The van der Waals surface area contributed by atoms with Gasteiger partial charge in [0.2, 0.25) is 5.88 Å². The Labute approximate surface area is 129 Å². The second kappa shape index (κ2) is 6.18. The number of aromatic nitrogens is 4. The monoisotopic (exact) mass is 308 g/mol. The van der Waals surface area contributed by atoms with Crippen LogP contribution in [0.3, 0.4) is 0 Å². The fourth-order valence-corrected chi connectivity index (χ4v) is 3.09. The molecule has 3 rings (SSSR count). The minimum Gasteiger partial charge on any atom is -0.479 e. The van der Waals surface area contributed by atoms with Crippen molar-refractivity contribution in [3.05, 3.63) is 12.2 Å². The number of halogens is 1. The van der Waals surface area contributed by atoms with Crippen molar-refractivity contribution in [2.75, 3.05) is 13.0 Å². The van der Waals surface area contributed by atoms with Crippen LogP contribution in [0.2, 0.25) is 0 Å². The van der Waals surface area contributed by atoms with Crippen molar-refractivity contribution >= 4 is 22.8 Å². The van der Waals surface area contributed by atoms with Gasteiger partial charge in [0, 0.05) is 18.3 Å². The van der Waals surface area contributed by atoms with Gasteiger partial charge in [-0.2, -0.15) is 4.98 Å². The summed E-state index contributed by atoms with van der Waals surface area (Å²) in [5, 5.41) is 0. The Kier molecular flexibility index (Phi) is 4.29. The van der Waals surface area contributed by atoms with Crippen LogP contribution >= 0.6 is 11.6 Å². The molecule has 2 aromatic rings. The predicted octanol–water partition coefficient (Wildman–Crippen LogP) is 3.37. The summed E-state index contributed by atoms with van der Waals surface area (Å²) in [4.78, 5) is 13.3. The molecule has 1 unspecified atom stereocenters. The number of methoxy groups -OCH3 is 1. The number of imidazole rings is 1. The quantitative estimate of drug-likeness (QED) is 0.736. The van der Waals surface area contributed by atoms with E-state index >= 15 is 0 Å². The number of nitrogens with zero attached hydrogens (tertiary/aromatic N) is 4. The van der Waals surface area contributed by atoms with E-state index in [2.05, 4.69) is 21.5 Å². The highest BCUT2D eigenvalue weighted by molar-refractivity contribution is 6.17. The standard InChI is InChI=1S/C15H21ClN4O/c1-3-11(8-10-4-5-10)20-12(6-7-16)19-13-14(20)17-9-18-15(13)21-2/h9-11H,3-8H2,1-2H3. The van der Waals surface area contributed by atoms with Gasteiger partial charge in [-0.1, -0.05) is 19.8 Å². The Morgan fingerprint density at radius 2 is 2.24 bits per heavy atom. The molecule has 0 aliphatic heterocycles. The molecule has 6 heteroatoms. The minimum absolute atomic E-state index is 0.431. The summed E-state index contributed by atoms with van der Waals surface area (Å²) < 4.78 is 7.58. The number of ether oxygens (including phenoxy) is 1. The first-order valence-electron chi connectivity index (χ1n) is 7.60. The van der Waals surface area contributed by atoms with E-state index in [1.165, 1.54) is 19.3 Å². The molecule has 5 nitrogen and oxygen atoms in total. The molecule has 0 amide bonds. The van der Waals surface area contributed by atoms with Gasteiger partial charge in [0.15, 0.2) is 11.2 Å². The van der Waals surface area contributed by atoms with Crippen molar-refractivity contribution in [2.45, 2.75) is 45.1 Å². The van der Waals surface area contributed by atoms with Gasteiger partial charge < -0.3 is 9.30 Å². The highest BCUT2D eigenvalue weighted by Crippen LogP contribution is 2.39. The molecule has 1 aliphatic rings. The van der Waals surface area contributed by atoms with Crippen LogP contribution in [0.15, 0.2) is 6.33 Å². The van der Waals surface area contributed by atoms with Gasteiger partial charge in [-0.25, -0.2) is 9.97 Å². The maximum absolute atomic E-state index is 5.95. The number of fused-ring (bicyclic) bond motifs is 1. The van der Waals surface area contributed by atoms with Crippen LogP contribution in [0.5, 0.6) is 5.88 Å². The molecule has 1 atom stereocenters. The lowest BCUT2D eigenvalue weighted by atomic mass is 10.1. The third kappa shape index (κ3) is 2.84. The van der Waals surface area contributed by atoms with Crippen LogP contribution in [-0.4, -0.2) is 32.5 Å². The van der Waals surface area contributed by atoms with Crippen molar-refractivity contribution in [1.29, 1.82) is 0 Å². The van der Waals surface area contributed by atoms with Gasteiger partial charge in [0.25, 0.3) is 0 Å². The number of aryl methyl sites for hydroxylation is 1. The summed E-state index contributed by atoms with van der Waals surface area (Å²) in [6.45, 7) is 2.22. The molecule has 2 aromatic heterocycles. The first kappa shape index (κ1) is 14.6. The molecule has 0 aromatic carbocycles. The summed E-state index contributed by atoms with van der Waals surface area (Å²) in [6.07, 6.45) is 7.27. The summed E-state index contributed by atoms with van der Waals surface area (Å²) in [6, 6.07) is 0.431. The third-order valence-electron chi connectivity index (χ3n) is 4.17. The third-order valence-corrected chi connectivity index (χ3v) is 4.36. The van der Waals surface area contributed by atoms with Crippen LogP contribution in [0.1, 0.15) is 44.5 Å². The van der Waals surface area contributed by atoms with Gasteiger partial charge in [-0.05, 0) is 18.8 Å². The fourth-order valence-electron chi connectivity index (χ4n) is 2.92. The maximum Gasteiger partial charge on any atom is 0.245 e. The highest BCUT2D eigenvalue weighted by Gasteiger charge is 2.28. The van der Waals surface area contributed by atoms with Crippen LogP contribution in [0, 0.1) is 5.92 Å². The van der Waals surface area contributed by atoms with E-state index in [0.717, 1.165) is 35.7 Å². The lowest BCUT2D eigenvalue weighted by Gasteiger charge is -2.19. The first-order valence-corrected chi connectivity index (χ1v) is 8.13. The van der Waals surface area contributed by atoms with Crippen molar-refractivity contribution in [3.8, 4) is 5.88 Å². The molecule has 2 heterocycles. The average Bonchev–Trinajstić information content (AvgIpc) is 3.25. The predicted molar refractivity (Wildman–Crippen MR) is 83.0 cm³/mol. The Hall–Kier alpha value is -1.36. The van der Waals surface area contributed by atoms with Crippen molar-refractivity contribution in [3.63, 3.8) is 0 Å². The molecule has 0 bridgehead atoms. The number of hydrogen-bond acceptors (Lipinski definition) is 4. The van der Waals surface area contributed by atoms with E-state index in [1.54, 1.807) is 13.4 Å². The van der Waals surface area contributed by atoms with Crippen LogP contribution in [0.4, 0.5) is 0 Å². The lowest BCUT2D eigenvalue weighted by molar-refractivity contribution is 0.401. The average molecular weight is 309 g/mol. The van der Waals surface area contributed by atoms with Crippen LogP contribution in [0.25, 0.3) is 11.2 Å². The molecule has 0 spiro atoms. The normalized spacial score (nSPS) is 16.3. The van der Waals surface area contributed by atoms with Crippen molar-refractivity contribution < 1.29 is 4.74 Å². The zero-order chi connectivity index (χ0) is 14.8. The lowest BCUT2D eigenvalue weighted by Crippen LogP contribution is -2.13. The Morgan fingerprint density at radius 1 is 1.43 bits per heavy atom. The van der Waals surface area contributed by atoms with Crippen LogP contribution in [-0.2, 0) is 6.42 Å². The van der Waals surface area contributed by atoms with E-state index in [9.17, 15) is 0 Å². The van der Waals surface area contributed by atoms with Crippen LogP contribution < -0.4 is 4.74 Å². The number of hydrogen-bond donors (Lipinski definition) is 0. The molecule has 21 heavy (non-hydrogen) atoms.